The predicted octanol–water partition coefficient (Wildman–Crippen LogP) is 2.22. The number of carbonyl (C=O) groups is 4. The Balaban J connectivity index is 2.10. The highest BCUT2D eigenvalue weighted by molar-refractivity contribution is 8.08. The van der Waals surface area contributed by atoms with Crippen molar-refractivity contribution in [2.75, 3.05) is 5.88 Å². The van der Waals surface area contributed by atoms with Gasteiger partial charge in [0, 0.05) is 0 Å². The van der Waals surface area contributed by atoms with Gasteiger partial charge in [0.2, 0.25) is 11.8 Å². The fourth-order valence-electron chi connectivity index (χ4n) is 3.24. The van der Waals surface area contributed by atoms with Gasteiger partial charge in [-0.2, -0.15) is 0 Å². The number of nitrogens with zero attached hydrogens (tertiary/aromatic N) is 1. The first-order valence-corrected chi connectivity index (χ1v) is 12.7. The van der Waals surface area contributed by atoms with E-state index in [0.717, 1.165) is 4.90 Å². The molecule has 0 aliphatic carbocycles. The highest BCUT2D eigenvalue weighted by Crippen LogP contribution is 2.31. The van der Waals surface area contributed by atoms with E-state index in [-0.39, 0.29) is 18.1 Å². The van der Waals surface area contributed by atoms with Crippen LogP contribution in [0.5, 0.6) is 5.75 Å². The number of rotatable bonds is 9. The maximum Gasteiger partial charge on any atom is 0.333 e. The van der Waals surface area contributed by atoms with Gasteiger partial charge in [-0.1, -0.05) is 18.7 Å². The van der Waals surface area contributed by atoms with Gasteiger partial charge in [-0.25, -0.2) is 9.00 Å². The lowest BCUT2D eigenvalue weighted by atomic mass is 9.98. The number of hydrogen-bond acceptors (Lipinski definition) is 7. The minimum Gasteiger partial charge on any atom is -0.458 e. The summed E-state index contributed by atoms with van der Waals surface area (Å²) >= 11 is 5.39. The Kier molecular flexibility index (Phi) is 9.27. The number of benzene rings is 1. The van der Waals surface area contributed by atoms with E-state index in [1.165, 1.54) is 19.1 Å². The Bertz CT molecular complexity index is 1010. The summed E-state index contributed by atoms with van der Waals surface area (Å²) < 4.78 is 22.5. The van der Waals surface area contributed by atoms with E-state index in [2.05, 4.69) is 11.9 Å². The number of amides is 2. The van der Waals surface area contributed by atoms with Gasteiger partial charge in [0.05, 0.1) is 6.42 Å². The third kappa shape index (κ3) is 7.04. The first-order chi connectivity index (χ1) is 15.7. The summed E-state index contributed by atoms with van der Waals surface area (Å²) in [6.07, 6.45) is -0.106. The van der Waals surface area contributed by atoms with E-state index in [4.69, 9.17) is 31.8 Å². The first-order valence-electron chi connectivity index (χ1n) is 10.2. The van der Waals surface area contributed by atoms with Crippen molar-refractivity contribution in [2.45, 2.75) is 57.2 Å². The molecule has 2 amide bonds. The summed E-state index contributed by atoms with van der Waals surface area (Å²) in [5, 5.41) is 1.37. The molecule has 1 N–H and O–H groups in total. The minimum absolute atomic E-state index is 0.106. The average Bonchev–Trinajstić information content (AvgIpc) is 2.71. The summed E-state index contributed by atoms with van der Waals surface area (Å²) in [6.45, 7) is 10.3. The Morgan fingerprint density at radius 2 is 1.82 bits per heavy atom. The Hall–Kier alpha value is -2.43. The van der Waals surface area contributed by atoms with Gasteiger partial charge in [0.15, 0.2) is 11.4 Å². The second-order valence-electron chi connectivity index (χ2n) is 8.64. The zero-order chi connectivity index (χ0) is 25.8. The van der Waals surface area contributed by atoms with Crippen molar-refractivity contribution >= 4 is 56.0 Å². The number of hydrogen-bond donors (Lipinski definition) is 1. The topological polar surface area (TPSA) is 119 Å². The van der Waals surface area contributed by atoms with Crippen LogP contribution >= 0.6 is 22.3 Å². The average molecular weight is 533 g/mol. The molecular formula is C22H26Cl2N2O7S. The normalized spacial score (nSPS) is 19.5. The van der Waals surface area contributed by atoms with Crippen molar-refractivity contribution in [2.24, 2.45) is 0 Å². The quantitative estimate of drug-likeness (QED) is 0.129. The number of carbonyl (C=O) groups excluding carboxylic acids is 4. The van der Waals surface area contributed by atoms with Crippen LogP contribution < -0.4 is 10.1 Å². The van der Waals surface area contributed by atoms with Crippen molar-refractivity contribution in [1.29, 1.82) is 0 Å². The summed E-state index contributed by atoms with van der Waals surface area (Å²) in [5.74, 6) is -2.53. The number of nitrogens with one attached hydrogen (secondary N) is 1. The van der Waals surface area contributed by atoms with E-state index in [1.807, 2.05) is 0 Å². The summed E-state index contributed by atoms with van der Waals surface area (Å²) in [6, 6.07) is 3.76. The third-order valence-corrected chi connectivity index (χ3v) is 6.23. The van der Waals surface area contributed by atoms with Crippen LogP contribution in [0, 0.1) is 0 Å². The summed E-state index contributed by atoms with van der Waals surface area (Å²) in [4.78, 5) is 50.3. The van der Waals surface area contributed by atoms with Gasteiger partial charge in [-0.05, 0) is 61.6 Å². The van der Waals surface area contributed by atoms with E-state index >= 15 is 0 Å². The molecule has 12 heteroatoms. The molecule has 0 bridgehead atoms. The molecule has 1 aromatic carbocycles. The Morgan fingerprint density at radius 1 is 1.24 bits per heavy atom. The molecule has 0 saturated carbocycles. The van der Waals surface area contributed by atoms with Gasteiger partial charge in [0.25, 0.3) is 0 Å². The lowest BCUT2D eigenvalue weighted by Crippen LogP contribution is -2.75. The molecule has 1 aromatic rings. The predicted molar refractivity (Wildman–Crippen MR) is 128 cm³/mol. The van der Waals surface area contributed by atoms with E-state index in [9.17, 15) is 23.4 Å². The van der Waals surface area contributed by atoms with Crippen LogP contribution in [0.25, 0.3) is 0 Å². The molecule has 9 nitrogen and oxygen atoms in total. The zero-order valence-electron chi connectivity index (χ0n) is 19.1. The lowest BCUT2D eigenvalue weighted by molar-refractivity contribution is -0.169. The smallest absolute Gasteiger partial charge is 0.333 e. The molecule has 1 aliphatic heterocycles. The Labute approximate surface area is 209 Å². The molecular weight excluding hydrogens is 507 g/mol. The van der Waals surface area contributed by atoms with Crippen LogP contribution in [-0.2, 0) is 40.3 Å². The van der Waals surface area contributed by atoms with Gasteiger partial charge in [0.1, 0.15) is 33.3 Å². The Morgan fingerprint density at radius 3 is 2.29 bits per heavy atom. The highest BCUT2D eigenvalue weighted by atomic mass is 35.7. The SMILES string of the molecule is C=C(C)C(C(=O)OC(C)(C)C)N1C(=O)C(NC(=O)Cc2ccc(OC(=O)CCl)cc2)C1S(=O)Cl. The van der Waals surface area contributed by atoms with Gasteiger partial charge < -0.3 is 19.7 Å². The van der Waals surface area contributed by atoms with Crippen LogP contribution in [-0.4, -0.2) is 61.8 Å². The molecule has 0 radical (unpaired) electrons. The molecule has 34 heavy (non-hydrogen) atoms. The molecule has 1 aliphatic rings. The highest BCUT2D eigenvalue weighted by Gasteiger charge is 2.56. The van der Waals surface area contributed by atoms with Crippen molar-refractivity contribution in [3.63, 3.8) is 0 Å². The number of β-lactam (4-membered cyclic amide) rings is 1. The lowest BCUT2D eigenvalue weighted by Gasteiger charge is -2.48. The number of likely N-dealkylation sites (tertiary alicyclic amines) is 1. The third-order valence-electron chi connectivity index (χ3n) is 4.59. The van der Waals surface area contributed by atoms with Crippen LogP contribution in [0.4, 0.5) is 0 Å². The zero-order valence-corrected chi connectivity index (χ0v) is 21.5. The molecule has 1 fully saturated rings. The van der Waals surface area contributed by atoms with E-state index in [0.29, 0.717) is 11.1 Å². The fourth-order valence-corrected chi connectivity index (χ4v) is 4.67. The van der Waals surface area contributed by atoms with Crippen LogP contribution in [0.3, 0.4) is 0 Å². The molecule has 4 unspecified atom stereocenters. The van der Waals surface area contributed by atoms with Crippen molar-refractivity contribution in [1.82, 2.24) is 10.2 Å². The molecule has 4 atom stereocenters. The molecule has 1 heterocycles. The van der Waals surface area contributed by atoms with Crippen LogP contribution in [0.2, 0.25) is 0 Å². The minimum atomic E-state index is -2.10. The monoisotopic (exact) mass is 532 g/mol. The standard InChI is InChI=1S/C22H26Cl2N2O7S/c1-12(2)18(21(30)33-22(3,4)5)26-19(29)17(20(26)34(24)31)25-15(27)10-13-6-8-14(9-7-13)32-16(28)11-23/h6-9,17-18,20H,1,10-11H2,2-5H3,(H,25,27). The van der Waals surface area contributed by atoms with Gasteiger partial charge in [-0.15, -0.1) is 11.6 Å². The second kappa shape index (κ2) is 11.3. The molecule has 1 saturated heterocycles. The number of alkyl halides is 1. The maximum absolute atomic E-state index is 12.9. The number of ether oxygens (including phenoxy) is 2. The first kappa shape index (κ1) is 27.8. The van der Waals surface area contributed by atoms with E-state index in [1.54, 1.807) is 32.9 Å². The van der Waals surface area contributed by atoms with Gasteiger partial charge >= 0.3 is 11.9 Å². The number of halogens is 2. The largest absolute Gasteiger partial charge is 0.458 e. The molecule has 0 aromatic heterocycles. The van der Waals surface area contributed by atoms with Crippen molar-refractivity contribution in [3.8, 4) is 5.75 Å². The second-order valence-corrected chi connectivity index (χ2v) is 10.8. The molecule has 0 spiro atoms. The van der Waals surface area contributed by atoms with Crippen LogP contribution in [0.1, 0.15) is 33.3 Å². The van der Waals surface area contributed by atoms with Crippen molar-refractivity contribution < 1.29 is 32.9 Å². The summed E-state index contributed by atoms with van der Waals surface area (Å²) in [5.41, 5.74) is 0.0538. The van der Waals surface area contributed by atoms with Crippen LogP contribution in [0.15, 0.2) is 36.4 Å². The summed E-state index contributed by atoms with van der Waals surface area (Å²) in [7, 11) is 3.73. The van der Waals surface area contributed by atoms with E-state index < -0.39 is 56.8 Å². The molecule has 2 rings (SSSR count). The van der Waals surface area contributed by atoms with Gasteiger partial charge in [-0.3, -0.25) is 14.4 Å². The fraction of sp³-hybridized carbons (Fsp3) is 0.455. The maximum atomic E-state index is 12.9. The number of esters is 2. The van der Waals surface area contributed by atoms with Crippen molar-refractivity contribution in [3.05, 3.63) is 42.0 Å². The molecule has 186 valence electrons.